The van der Waals surface area contributed by atoms with Crippen molar-refractivity contribution in [3.63, 3.8) is 0 Å². The Kier molecular flexibility index (Phi) is 7.75. The molecule has 0 saturated heterocycles. The first-order valence-corrected chi connectivity index (χ1v) is 4.99. The van der Waals surface area contributed by atoms with Crippen molar-refractivity contribution in [2.75, 3.05) is 13.7 Å². The van der Waals surface area contributed by atoms with E-state index in [2.05, 4.69) is 11.3 Å². The number of hydrogen-bond donors (Lipinski definition) is 0. The van der Waals surface area contributed by atoms with Crippen LogP contribution in [0.1, 0.15) is 25.7 Å². The highest BCUT2D eigenvalue weighted by molar-refractivity contribution is 6.33. The number of ether oxygens (including phenoxy) is 2. The number of ketones is 1. The summed E-state index contributed by atoms with van der Waals surface area (Å²) in [6.07, 6.45) is 2.94. The number of unbranched alkanes of at least 4 members (excludes halogenated alkanes) is 1. The highest BCUT2D eigenvalue weighted by atomic mass is 16.5. The van der Waals surface area contributed by atoms with E-state index in [1.165, 1.54) is 0 Å². The number of hydrogen-bond acceptors (Lipinski definition) is 5. The molecule has 0 atom stereocenters. The summed E-state index contributed by atoms with van der Waals surface area (Å²) in [5.41, 5.74) is 0. The lowest BCUT2D eigenvalue weighted by Gasteiger charge is -2.02. The summed E-state index contributed by atoms with van der Waals surface area (Å²) in [7, 11) is 1.12. The summed E-state index contributed by atoms with van der Waals surface area (Å²) in [6, 6.07) is 0. The molecule has 0 aromatic carbocycles. The van der Waals surface area contributed by atoms with Gasteiger partial charge in [-0.2, -0.15) is 0 Å². The smallest absolute Gasteiger partial charge is 0.374 e. The van der Waals surface area contributed by atoms with Crippen LogP contribution in [0.5, 0.6) is 0 Å². The molecule has 0 aliphatic rings. The second-order valence-corrected chi connectivity index (χ2v) is 3.07. The van der Waals surface area contributed by atoms with E-state index in [9.17, 15) is 14.4 Å². The molecule has 0 aliphatic carbocycles. The molecule has 0 radical (unpaired) electrons. The van der Waals surface area contributed by atoms with Crippen LogP contribution < -0.4 is 0 Å². The Morgan fingerprint density at radius 2 is 1.94 bits per heavy atom. The molecular formula is C11H16O5. The van der Waals surface area contributed by atoms with Crippen LogP contribution in [-0.2, 0) is 23.9 Å². The first-order valence-electron chi connectivity index (χ1n) is 4.99. The summed E-state index contributed by atoms with van der Waals surface area (Å²) in [5.74, 6) is -2.13. The maximum atomic E-state index is 11.1. The van der Waals surface area contributed by atoms with Gasteiger partial charge in [-0.3, -0.25) is 9.59 Å². The lowest BCUT2D eigenvalue weighted by atomic mass is 10.2. The lowest BCUT2D eigenvalue weighted by Crippen LogP contribution is -2.17. The minimum Gasteiger partial charge on any atom is -0.466 e. The van der Waals surface area contributed by atoms with Gasteiger partial charge in [-0.05, 0) is 12.8 Å². The number of rotatable bonds is 8. The Labute approximate surface area is 94.4 Å². The third kappa shape index (κ3) is 6.75. The van der Waals surface area contributed by atoms with Crippen LogP contribution in [0.4, 0.5) is 0 Å². The maximum Gasteiger partial charge on any atom is 0.374 e. The summed E-state index contributed by atoms with van der Waals surface area (Å²) in [6.45, 7) is 3.83. The average Bonchev–Trinajstić information content (AvgIpc) is 2.30. The molecular weight excluding hydrogens is 212 g/mol. The molecule has 0 bridgehead atoms. The lowest BCUT2D eigenvalue weighted by molar-refractivity contribution is -0.152. The second kappa shape index (κ2) is 8.64. The van der Waals surface area contributed by atoms with Gasteiger partial charge in [0.25, 0.3) is 0 Å². The molecule has 90 valence electrons. The predicted octanol–water partition coefficient (Wildman–Crippen LogP) is 1.02. The van der Waals surface area contributed by atoms with Gasteiger partial charge in [0, 0.05) is 6.42 Å². The topological polar surface area (TPSA) is 69.7 Å². The van der Waals surface area contributed by atoms with Gasteiger partial charge in [0.2, 0.25) is 5.78 Å². The van der Waals surface area contributed by atoms with E-state index < -0.39 is 17.7 Å². The minimum atomic E-state index is -0.931. The molecule has 5 heteroatoms. The molecule has 0 spiro atoms. The van der Waals surface area contributed by atoms with Crippen LogP contribution in [-0.4, -0.2) is 31.4 Å². The molecule has 0 saturated carbocycles. The van der Waals surface area contributed by atoms with Crippen molar-refractivity contribution in [2.24, 2.45) is 0 Å². The van der Waals surface area contributed by atoms with E-state index in [1.807, 2.05) is 0 Å². The van der Waals surface area contributed by atoms with Crippen molar-refractivity contribution >= 4 is 17.7 Å². The monoisotopic (exact) mass is 228 g/mol. The SMILES string of the molecule is C=CCCCOC(=O)CCC(=O)C(=O)OC. The van der Waals surface area contributed by atoms with Gasteiger partial charge in [0.05, 0.1) is 20.1 Å². The standard InChI is InChI=1S/C11H16O5/c1-3-4-5-8-16-10(13)7-6-9(12)11(14)15-2/h3H,1,4-8H2,2H3. The first-order chi connectivity index (χ1) is 7.61. The molecule has 0 aliphatic heterocycles. The fourth-order valence-corrected chi connectivity index (χ4v) is 0.917. The highest BCUT2D eigenvalue weighted by Gasteiger charge is 2.15. The molecule has 16 heavy (non-hydrogen) atoms. The number of methoxy groups -OCH3 is 1. The second-order valence-electron chi connectivity index (χ2n) is 3.07. The molecule has 0 aromatic rings. The number of carbonyl (C=O) groups excluding carboxylic acids is 3. The van der Waals surface area contributed by atoms with E-state index in [0.717, 1.165) is 13.5 Å². The summed E-state index contributed by atoms with van der Waals surface area (Å²) in [4.78, 5) is 32.7. The Balaban J connectivity index is 3.61. The van der Waals surface area contributed by atoms with Crippen LogP contribution in [0.25, 0.3) is 0 Å². The van der Waals surface area contributed by atoms with Gasteiger partial charge >= 0.3 is 11.9 Å². The molecule has 0 fully saturated rings. The maximum absolute atomic E-state index is 11.1. The molecule has 0 heterocycles. The van der Waals surface area contributed by atoms with Gasteiger partial charge < -0.3 is 9.47 Å². The Hall–Kier alpha value is -1.65. The molecule has 0 amide bonds. The summed E-state index contributed by atoms with van der Waals surface area (Å²) >= 11 is 0. The van der Waals surface area contributed by atoms with E-state index in [1.54, 1.807) is 6.08 Å². The van der Waals surface area contributed by atoms with E-state index in [0.29, 0.717) is 13.0 Å². The molecule has 0 N–H and O–H groups in total. The Morgan fingerprint density at radius 3 is 2.50 bits per heavy atom. The van der Waals surface area contributed by atoms with Crippen molar-refractivity contribution < 1.29 is 23.9 Å². The number of allylic oxidation sites excluding steroid dienone is 1. The van der Waals surface area contributed by atoms with Gasteiger partial charge in [-0.1, -0.05) is 6.08 Å². The predicted molar refractivity (Wildman–Crippen MR) is 56.6 cm³/mol. The molecule has 0 aromatic heterocycles. The van der Waals surface area contributed by atoms with Gasteiger partial charge in [-0.15, -0.1) is 6.58 Å². The minimum absolute atomic E-state index is 0.0952. The van der Waals surface area contributed by atoms with Crippen molar-refractivity contribution in [1.29, 1.82) is 0 Å². The van der Waals surface area contributed by atoms with Gasteiger partial charge in [0.15, 0.2) is 0 Å². The molecule has 5 nitrogen and oxygen atoms in total. The summed E-state index contributed by atoms with van der Waals surface area (Å²) < 4.78 is 9.02. The van der Waals surface area contributed by atoms with Crippen molar-refractivity contribution in [1.82, 2.24) is 0 Å². The number of esters is 2. The van der Waals surface area contributed by atoms with E-state index in [4.69, 9.17) is 4.74 Å². The zero-order chi connectivity index (χ0) is 12.4. The van der Waals surface area contributed by atoms with Gasteiger partial charge in [-0.25, -0.2) is 4.79 Å². The van der Waals surface area contributed by atoms with E-state index in [-0.39, 0.29) is 12.8 Å². The number of Topliss-reactive ketones (excluding diaryl/α,β-unsaturated/α-hetero) is 1. The van der Waals surface area contributed by atoms with E-state index >= 15 is 0 Å². The van der Waals surface area contributed by atoms with Crippen LogP contribution >= 0.6 is 0 Å². The van der Waals surface area contributed by atoms with Gasteiger partial charge in [0.1, 0.15) is 0 Å². The largest absolute Gasteiger partial charge is 0.466 e. The zero-order valence-corrected chi connectivity index (χ0v) is 9.36. The Bertz CT molecular complexity index is 270. The quantitative estimate of drug-likeness (QED) is 0.268. The third-order valence-electron chi connectivity index (χ3n) is 1.78. The van der Waals surface area contributed by atoms with Crippen LogP contribution in [0.2, 0.25) is 0 Å². The third-order valence-corrected chi connectivity index (χ3v) is 1.78. The zero-order valence-electron chi connectivity index (χ0n) is 9.36. The van der Waals surface area contributed by atoms with Crippen molar-refractivity contribution in [2.45, 2.75) is 25.7 Å². The van der Waals surface area contributed by atoms with Crippen LogP contribution in [0.15, 0.2) is 12.7 Å². The van der Waals surface area contributed by atoms with Crippen LogP contribution in [0.3, 0.4) is 0 Å². The summed E-state index contributed by atoms with van der Waals surface area (Å²) in [5, 5.41) is 0. The highest BCUT2D eigenvalue weighted by Crippen LogP contribution is 1.98. The van der Waals surface area contributed by atoms with Crippen molar-refractivity contribution in [3.8, 4) is 0 Å². The van der Waals surface area contributed by atoms with Crippen LogP contribution in [0, 0.1) is 0 Å². The number of carbonyl (C=O) groups is 3. The Morgan fingerprint density at radius 1 is 1.25 bits per heavy atom. The molecule has 0 unspecified atom stereocenters. The average molecular weight is 228 g/mol. The fourth-order valence-electron chi connectivity index (χ4n) is 0.917. The normalized spacial score (nSPS) is 9.31. The van der Waals surface area contributed by atoms with Crippen molar-refractivity contribution in [3.05, 3.63) is 12.7 Å². The molecule has 0 rings (SSSR count). The first kappa shape index (κ1) is 14.3. The fraction of sp³-hybridized carbons (Fsp3) is 0.545.